The fourth-order valence-corrected chi connectivity index (χ4v) is 3.08. The lowest BCUT2D eigenvalue weighted by molar-refractivity contribution is 0.193. The van der Waals surface area contributed by atoms with E-state index in [1.165, 1.54) is 11.3 Å². The fourth-order valence-electron chi connectivity index (χ4n) is 3.08. The molecule has 2 rings (SSSR count). The molecule has 1 heterocycles. The van der Waals surface area contributed by atoms with E-state index in [0.717, 1.165) is 39.3 Å². The Bertz CT molecular complexity index is 420. The molecular weight excluding hydrogens is 246 g/mol. The zero-order valence-corrected chi connectivity index (χ0v) is 13.4. The Morgan fingerprint density at radius 3 is 2.45 bits per heavy atom. The molecule has 1 aliphatic rings. The van der Waals surface area contributed by atoms with E-state index in [-0.39, 0.29) is 5.54 Å². The summed E-state index contributed by atoms with van der Waals surface area (Å²) in [4.78, 5) is 5.08. The van der Waals surface area contributed by atoms with E-state index in [4.69, 9.17) is 0 Å². The Balaban J connectivity index is 1.86. The Kier molecular flexibility index (Phi) is 5.06. The highest BCUT2D eigenvalue weighted by Gasteiger charge is 2.24. The minimum Gasteiger partial charge on any atom is -0.369 e. The first kappa shape index (κ1) is 15.3. The van der Waals surface area contributed by atoms with Crippen molar-refractivity contribution in [1.29, 1.82) is 0 Å². The molecule has 0 spiro atoms. The van der Waals surface area contributed by atoms with Crippen LogP contribution in [0.1, 0.15) is 26.3 Å². The van der Waals surface area contributed by atoms with Crippen LogP contribution in [0.15, 0.2) is 24.3 Å². The molecule has 3 heteroatoms. The van der Waals surface area contributed by atoms with Gasteiger partial charge in [0.1, 0.15) is 0 Å². The van der Waals surface area contributed by atoms with Gasteiger partial charge in [0.05, 0.1) is 0 Å². The summed E-state index contributed by atoms with van der Waals surface area (Å²) in [6, 6.07) is 8.84. The minimum absolute atomic E-state index is 0.209. The number of nitrogens with one attached hydrogen (secondary N) is 1. The predicted molar refractivity (Wildman–Crippen MR) is 87.6 cm³/mol. The minimum atomic E-state index is 0.209. The summed E-state index contributed by atoms with van der Waals surface area (Å²) in [6.07, 6.45) is 0. The normalized spacial score (nSPS) is 17.5. The van der Waals surface area contributed by atoms with E-state index in [9.17, 15) is 0 Å². The van der Waals surface area contributed by atoms with Crippen LogP contribution in [0.4, 0.5) is 5.69 Å². The first-order chi connectivity index (χ1) is 9.50. The van der Waals surface area contributed by atoms with Crippen LogP contribution in [-0.2, 0) is 0 Å². The Morgan fingerprint density at radius 1 is 1.15 bits per heavy atom. The molecule has 112 valence electrons. The molecule has 0 unspecified atom stereocenters. The molecule has 0 atom stereocenters. The van der Waals surface area contributed by atoms with Gasteiger partial charge < -0.3 is 10.2 Å². The highest BCUT2D eigenvalue weighted by molar-refractivity contribution is 5.48. The number of likely N-dealkylation sites (N-methyl/N-ethyl adjacent to an activating group) is 1. The third kappa shape index (κ3) is 4.22. The lowest BCUT2D eigenvalue weighted by atomic mass is 10.0. The van der Waals surface area contributed by atoms with Gasteiger partial charge in [-0.1, -0.05) is 19.1 Å². The van der Waals surface area contributed by atoms with Gasteiger partial charge in [-0.05, 0) is 45.0 Å². The fraction of sp³-hybridized carbons (Fsp3) is 0.647. The van der Waals surface area contributed by atoms with E-state index in [1.54, 1.807) is 0 Å². The molecule has 0 saturated carbocycles. The molecular formula is C17H29N3. The van der Waals surface area contributed by atoms with E-state index >= 15 is 0 Å². The van der Waals surface area contributed by atoms with Gasteiger partial charge in [0.2, 0.25) is 0 Å². The summed E-state index contributed by atoms with van der Waals surface area (Å²) in [5, 5.41) is 3.56. The molecule has 1 aromatic carbocycles. The monoisotopic (exact) mass is 275 g/mol. The third-order valence-corrected chi connectivity index (χ3v) is 4.01. The summed E-state index contributed by atoms with van der Waals surface area (Å²) >= 11 is 0. The Hall–Kier alpha value is -1.06. The number of anilines is 1. The topological polar surface area (TPSA) is 18.5 Å². The van der Waals surface area contributed by atoms with E-state index in [0.29, 0.717) is 0 Å². The number of benzene rings is 1. The Morgan fingerprint density at radius 2 is 1.85 bits per heavy atom. The van der Waals surface area contributed by atoms with Crippen molar-refractivity contribution in [3.05, 3.63) is 29.8 Å². The second-order valence-electron chi connectivity index (χ2n) is 6.52. The average Bonchev–Trinajstić information content (AvgIpc) is 2.39. The molecule has 1 fully saturated rings. The molecule has 1 N–H and O–H groups in total. The summed E-state index contributed by atoms with van der Waals surface area (Å²) in [5.74, 6) is 0. The molecule has 3 nitrogen and oxygen atoms in total. The average molecular weight is 275 g/mol. The number of piperazine rings is 1. The molecule has 0 radical (unpaired) electrons. The SMILES string of the molecule is CCNC(C)(C)CN1CCN(c2cccc(C)c2)CC1. The first-order valence-corrected chi connectivity index (χ1v) is 7.79. The highest BCUT2D eigenvalue weighted by Crippen LogP contribution is 2.18. The predicted octanol–water partition coefficient (Wildman–Crippen LogP) is 2.51. The van der Waals surface area contributed by atoms with Crippen LogP contribution in [-0.4, -0.2) is 49.7 Å². The van der Waals surface area contributed by atoms with Gasteiger partial charge >= 0.3 is 0 Å². The first-order valence-electron chi connectivity index (χ1n) is 7.79. The van der Waals surface area contributed by atoms with Gasteiger partial charge in [-0.25, -0.2) is 0 Å². The molecule has 0 bridgehead atoms. The summed E-state index contributed by atoms with van der Waals surface area (Å²) in [6.45, 7) is 15.7. The van der Waals surface area contributed by atoms with E-state index in [1.807, 2.05) is 0 Å². The second kappa shape index (κ2) is 6.59. The molecule has 0 aliphatic carbocycles. The smallest absolute Gasteiger partial charge is 0.0369 e. The highest BCUT2D eigenvalue weighted by atomic mass is 15.3. The number of hydrogen-bond donors (Lipinski definition) is 1. The maximum atomic E-state index is 3.56. The number of rotatable bonds is 5. The largest absolute Gasteiger partial charge is 0.369 e. The van der Waals surface area contributed by atoms with Gasteiger partial charge in [0, 0.05) is 44.0 Å². The number of nitrogens with zero attached hydrogens (tertiary/aromatic N) is 2. The molecule has 1 aliphatic heterocycles. The zero-order valence-electron chi connectivity index (χ0n) is 13.4. The second-order valence-corrected chi connectivity index (χ2v) is 6.52. The van der Waals surface area contributed by atoms with Crippen LogP contribution in [0.25, 0.3) is 0 Å². The van der Waals surface area contributed by atoms with Crippen LogP contribution in [0, 0.1) is 6.92 Å². The van der Waals surface area contributed by atoms with Crippen molar-refractivity contribution in [2.75, 3.05) is 44.2 Å². The summed E-state index contributed by atoms with van der Waals surface area (Å²) in [5.41, 5.74) is 2.93. The van der Waals surface area contributed by atoms with Crippen LogP contribution in [0.3, 0.4) is 0 Å². The quantitative estimate of drug-likeness (QED) is 0.891. The molecule has 0 aromatic heterocycles. The van der Waals surface area contributed by atoms with E-state index < -0.39 is 0 Å². The van der Waals surface area contributed by atoms with Crippen LogP contribution in [0.2, 0.25) is 0 Å². The maximum Gasteiger partial charge on any atom is 0.0369 e. The summed E-state index contributed by atoms with van der Waals surface area (Å²) < 4.78 is 0. The Labute approximate surface area is 124 Å². The van der Waals surface area contributed by atoms with Gasteiger partial charge in [-0.2, -0.15) is 0 Å². The summed E-state index contributed by atoms with van der Waals surface area (Å²) in [7, 11) is 0. The van der Waals surface area contributed by atoms with Crippen LogP contribution < -0.4 is 10.2 Å². The number of aryl methyl sites for hydroxylation is 1. The van der Waals surface area contributed by atoms with Crippen molar-refractivity contribution in [2.24, 2.45) is 0 Å². The standard InChI is InChI=1S/C17H29N3/c1-5-18-17(3,4)14-19-9-11-20(12-10-19)16-8-6-7-15(2)13-16/h6-8,13,18H,5,9-12,14H2,1-4H3. The van der Waals surface area contributed by atoms with Gasteiger partial charge in [0.25, 0.3) is 0 Å². The van der Waals surface area contributed by atoms with Gasteiger partial charge in [0.15, 0.2) is 0 Å². The van der Waals surface area contributed by atoms with Crippen molar-refractivity contribution in [3.8, 4) is 0 Å². The van der Waals surface area contributed by atoms with Crippen LogP contribution >= 0.6 is 0 Å². The third-order valence-electron chi connectivity index (χ3n) is 4.01. The van der Waals surface area contributed by atoms with Crippen molar-refractivity contribution >= 4 is 5.69 Å². The molecule has 20 heavy (non-hydrogen) atoms. The van der Waals surface area contributed by atoms with E-state index in [2.05, 4.69) is 67.1 Å². The molecule has 1 saturated heterocycles. The van der Waals surface area contributed by atoms with Gasteiger partial charge in [-0.3, -0.25) is 4.90 Å². The maximum absolute atomic E-state index is 3.56. The van der Waals surface area contributed by atoms with Crippen molar-refractivity contribution in [1.82, 2.24) is 10.2 Å². The molecule has 1 aromatic rings. The van der Waals surface area contributed by atoms with Crippen molar-refractivity contribution in [3.63, 3.8) is 0 Å². The lowest BCUT2D eigenvalue weighted by Crippen LogP contribution is -2.54. The van der Waals surface area contributed by atoms with Crippen molar-refractivity contribution in [2.45, 2.75) is 33.2 Å². The zero-order chi connectivity index (χ0) is 14.6. The van der Waals surface area contributed by atoms with Crippen LogP contribution in [0.5, 0.6) is 0 Å². The number of hydrogen-bond acceptors (Lipinski definition) is 3. The molecule has 0 amide bonds. The lowest BCUT2D eigenvalue weighted by Gasteiger charge is -2.40. The van der Waals surface area contributed by atoms with Crippen molar-refractivity contribution < 1.29 is 0 Å². The van der Waals surface area contributed by atoms with Gasteiger partial charge in [-0.15, -0.1) is 0 Å².